The second-order valence-electron chi connectivity index (χ2n) is 12.6. The molecule has 0 saturated heterocycles. The van der Waals surface area contributed by atoms with Gasteiger partial charge in [0.1, 0.15) is 12.4 Å². The third kappa shape index (κ3) is 7.58. The van der Waals surface area contributed by atoms with Crippen molar-refractivity contribution in [1.29, 1.82) is 0 Å². The zero-order chi connectivity index (χ0) is 30.6. The van der Waals surface area contributed by atoms with Gasteiger partial charge in [-0.15, -0.1) is 0 Å². The third-order valence-corrected chi connectivity index (χ3v) is 11.8. The Kier molecular flexibility index (Phi) is 10.4. The minimum absolute atomic E-state index is 0.138. The van der Waals surface area contributed by atoms with E-state index >= 15 is 0 Å². The fourth-order valence-electron chi connectivity index (χ4n) is 6.78. The number of nitrogens with one attached hydrogen (secondary N) is 1. The number of aliphatic hydroxyl groups is 1. The van der Waals surface area contributed by atoms with Gasteiger partial charge < -0.3 is 14.7 Å². The maximum absolute atomic E-state index is 13.6. The topological polar surface area (TPSA) is 95.9 Å². The molecule has 0 radical (unpaired) electrons. The second-order valence-corrected chi connectivity index (χ2v) is 14.9. The van der Waals surface area contributed by atoms with Crippen LogP contribution in [0.25, 0.3) is 0 Å². The standard InChI is InChI=1S/C34H45ClN2O5S/c1-3-4-11-33-23(2)8-7-10-31(38)29-16-13-26(29)21-37-18-6-5-9-24-19-28(35)15-12-27(24)22-42-32-17-14-25(20-30(32)37)34(39)36-43(33,40)41/h7,10,12,14-15,17,19-20,23,26,29,31,33,38H,3-6,8-9,11,13,16,18,21-22H2,1-2H3,(H,36,39)/b10-7+/t23-,26-,29+,31-,33+/m0/s1. The van der Waals surface area contributed by atoms with Crippen LogP contribution in [0.3, 0.4) is 0 Å². The minimum Gasteiger partial charge on any atom is -0.487 e. The monoisotopic (exact) mass is 628 g/mol. The van der Waals surface area contributed by atoms with Gasteiger partial charge >= 0.3 is 0 Å². The van der Waals surface area contributed by atoms with Crippen LogP contribution in [-0.4, -0.2) is 43.9 Å². The van der Waals surface area contributed by atoms with Crippen LogP contribution in [0.4, 0.5) is 5.69 Å². The number of carbonyl (C=O) groups excluding carboxylic acids is 1. The minimum atomic E-state index is -3.94. The number of sulfonamides is 1. The molecule has 2 bridgehead atoms. The van der Waals surface area contributed by atoms with Gasteiger partial charge in [-0.2, -0.15) is 0 Å². The van der Waals surface area contributed by atoms with E-state index in [1.807, 2.05) is 44.2 Å². The predicted octanol–water partition coefficient (Wildman–Crippen LogP) is 6.66. The fourth-order valence-corrected chi connectivity index (χ4v) is 8.70. The molecule has 2 N–H and O–H groups in total. The molecule has 7 nitrogen and oxygen atoms in total. The Bertz CT molecular complexity index is 1430. The molecule has 0 unspecified atom stereocenters. The SMILES string of the molecule is CCCC[C@@H]1[C@@H](C)C/C=C/[C@H](O)[C@@H]2CC[C@H]2CN2CCCCc3cc(Cl)ccc3COc3ccc(cc32)C(=O)NS1(=O)=O. The molecule has 2 aromatic carbocycles. The highest BCUT2D eigenvalue weighted by Gasteiger charge is 2.37. The van der Waals surface area contributed by atoms with Crippen LogP contribution in [0, 0.1) is 17.8 Å². The number of unbranched alkanes of at least 4 members (excludes halogenated alkanes) is 1. The molecule has 234 valence electrons. The van der Waals surface area contributed by atoms with E-state index < -0.39 is 27.3 Å². The first-order valence-corrected chi connectivity index (χ1v) is 17.8. The van der Waals surface area contributed by atoms with Gasteiger partial charge in [-0.3, -0.25) is 4.79 Å². The number of ether oxygens (including phenoxy) is 1. The van der Waals surface area contributed by atoms with Crippen molar-refractivity contribution in [2.45, 2.75) is 89.6 Å². The molecular weight excluding hydrogens is 584 g/mol. The predicted molar refractivity (Wildman–Crippen MR) is 172 cm³/mol. The van der Waals surface area contributed by atoms with Gasteiger partial charge in [0.05, 0.1) is 17.0 Å². The van der Waals surface area contributed by atoms with Crippen molar-refractivity contribution in [3.05, 3.63) is 70.3 Å². The number of rotatable bonds is 3. The summed E-state index contributed by atoms with van der Waals surface area (Å²) >= 11 is 6.32. The summed E-state index contributed by atoms with van der Waals surface area (Å²) in [7, 11) is -3.94. The molecule has 5 atom stereocenters. The highest BCUT2D eigenvalue weighted by Crippen LogP contribution is 2.41. The largest absolute Gasteiger partial charge is 0.487 e. The van der Waals surface area contributed by atoms with E-state index in [-0.39, 0.29) is 17.4 Å². The van der Waals surface area contributed by atoms with Crippen molar-refractivity contribution in [2.75, 3.05) is 18.0 Å². The molecule has 2 aromatic rings. The highest BCUT2D eigenvalue weighted by atomic mass is 35.5. The number of allylic oxidation sites excluding steroid dienone is 1. The van der Waals surface area contributed by atoms with E-state index in [1.165, 1.54) is 5.56 Å². The van der Waals surface area contributed by atoms with E-state index in [1.54, 1.807) is 18.2 Å². The lowest BCUT2D eigenvalue weighted by molar-refractivity contribution is 0.0461. The molecule has 0 aromatic heterocycles. The Morgan fingerprint density at radius 2 is 1.95 bits per heavy atom. The highest BCUT2D eigenvalue weighted by molar-refractivity contribution is 7.90. The molecule has 9 heteroatoms. The number of aryl methyl sites for hydroxylation is 1. The average Bonchev–Trinajstić information content (AvgIpc) is 2.97. The summed E-state index contributed by atoms with van der Waals surface area (Å²) in [5.41, 5.74) is 3.32. The van der Waals surface area contributed by atoms with Crippen LogP contribution in [0.5, 0.6) is 5.75 Å². The number of halogens is 1. The summed E-state index contributed by atoms with van der Waals surface area (Å²) < 4.78 is 36.0. The lowest BCUT2D eigenvalue weighted by Crippen LogP contribution is -2.43. The second kappa shape index (κ2) is 14.0. The molecule has 2 heterocycles. The number of anilines is 1. The number of amides is 1. The molecule has 0 spiro atoms. The molecule has 5 rings (SSSR count). The molecule has 1 aliphatic carbocycles. The smallest absolute Gasteiger partial charge is 0.264 e. The van der Waals surface area contributed by atoms with Gasteiger partial charge in [-0.1, -0.05) is 56.5 Å². The van der Waals surface area contributed by atoms with Crippen molar-refractivity contribution in [3.8, 4) is 5.75 Å². The van der Waals surface area contributed by atoms with Crippen LogP contribution in [0.15, 0.2) is 48.6 Å². The molecule has 2 aliphatic heterocycles. The zero-order valence-corrected chi connectivity index (χ0v) is 26.9. The van der Waals surface area contributed by atoms with E-state index in [4.69, 9.17) is 16.3 Å². The fraction of sp³-hybridized carbons (Fsp3) is 0.559. The van der Waals surface area contributed by atoms with E-state index in [0.717, 1.165) is 69.3 Å². The first kappa shape index (κ1) is 31.9. The first-order chi connectivity index (χ1) is 20.7. The van der Waals surface area contributed by atoms with Crippen LogP contribution in [0.1, 0.15) is 86.7 Å². The molecule has 1 amide bonds. The van der Waals surface area contributed by atoms with Crippen molar-refractivity contribution in [3.63, 3.8) is 0 Å². The summed E-state index contributed by atoms with van der Waals surface area (Å²) in [6.07, 6.45) is 10.6. The number of aliphatic hydroxyl groups excluding tert-OH is 1. The van der Waals surface area contributed by atoms with Gasteiger partial charge in [0.15, 0.2) is 0 Å². The average molecular weight is 629 g/mol. The van der Waals surface area contributed by atoms with Gasteiger partial charge in [-0.05, 0) is 104 Å². The van der Waals surface area contributed by atoms with Crippen LogP contribution >= 0.6 is 11.6 Å². The van der Waals surface area contributed by atoms with E-state index in [0.29, 0.717) is 36.1 Å². The van der Waals surface area contributed by atoms with Crippen LogP contribution in [-0.2, 0) is 23.1 Å². The number of hydrogen-bond acceptors (Lipinski definition) is 6. The molecular formula is C34H45ClN2O5S. The Morgan fingerprint density at radius 3 is 2.72 bits per heavy atom. The number of nitrogens with zero attached hydrogens (tertiary/aromatic N) is 1. The van der Waals surface area contributed by atoms with Gasteiger partial charge in [0.25, 0.3) is 5.91 Å². The Hall–Kier alpha value is -2.55. The lowest BCUT2D eigenvalue weighted by Gasteiger charge is -2.42. The Morgan fingerprint density at radius 1 is 1.12 bits per heavy atom. The van der Waals surface area contributed by atoms with Gasteiger partial charge in [-0.25, -0.2) is 13.1 Å². The van der Waals surface area contributed by atoms with Crippen molar-refractivity contribution < 1.29 is 23.1 Å². The quantitative estimate of drug-likeness (QED) is 0.369. The number of hydrogen-bond donors (Lipinski definition) is 2. The normalized spacial score (nSPS) is 28.6. The zero-order valence-electron chi connectivity index (χ0n) is 25.3. The maximum atomic E-state index is 13.6. The van der Waals surface area contributed by atoms with Crippen molar-refractivity contribution >= 4 is 33.2 Å². The van der Waals surface area contributed by atoms with Crippen LogP contribution < -0.4 is 14.4 Å². The van der Waals surface area contributed by atoms with Gasteiger partial charge in [0.2, 0.25) is 10.0 Å². The van der Waals surface area contributed by atoms with Crippen molar-refractivity contribution in [2.24, 2.45) is 17.8 Å². The summed E-state index contributed by atoms with van der Waals surface area (Å²) in [5, 5.41) is 11.1. The first-order valence-electron chi connectivity index (χ1n) is 15.9. The number of benzene rings is 2. The van der Waals surface area contributed by atoms with E-state index in [2.05, 4.69) is 9.62 Å². The number of carbonyl (C=O) groups is 1. The Balaban J connectivity index is 1.53. The third-order valence-electron chi connectivity index (χ3n) is 9.56. The van der Waals surface area contributed by atoms with E-state index in [9.17, 15) is 18.3 Å². The van der Waals surface area contributed by atoms with Crippen molar-refractivity contribution in [1.82, 2.24) is 4.72 Å². The van der Waals surface area contributed by atoms with Crippen LogP contribution in [0.2, 0.25) is 5.02 Å². The Labute approximate surface area is 261 Å². The summed E-state index contributed by atoms with van der Waals surface area (Å²) in [6, 6.07) is 11.1. The summed E-state index contributed by atoms with van der Waals surface area (Å²) in [5.74, 6) is 0.257. The number of fused-ring (bicyclic) bond motifs is 3. The molecule has 1 fully saturated rings. The lowest BCUT2D eigenvalue weighted by atomic mass is 9.70. The van der Waals surface area contributed by atoms with Gasteiger partial charge in [0, 0.05) is 23.7 Å². The molecule has 43 heavy (non-hydrogen) atoms. The molecule has 3 aliphatic rings. The summed E-state index contributed by atoms with van der Waals surface area (Å²) in [6.45, 7) is 5.78. The summed E-state index contributed by atoms with van der Waals surface area (Å²) in [4.78, 5) is 15.8. The molecule has 1 saturated carbocycles. The maximum Gasteiger partial charge on any atom is 0.264 e.